The smallest absolute Gasteiger partial charge is 0.497 e. The van der Waals surface area contributed by atoms with Gasteiger partial charge in [0, 0.05) is 5.39 Å². The summed E-state index contributed by atoms with van der Waals surface area (Å²) >= 11 is 0. The Kier molecular flexibility index (Phi) is 4.25. The summed E-state index contributed by atoms with van der Waals surface area (Å²) in [6.07, 6.45) is 0. The number of alkyl halides is 3. The first-order chi connectivity index (χ1) is 10.6. The summed E-state index contributed by atoms with van der Waals surface area (Å²) in [4.78, 5) is 10.6. The Morgan fingerprint density at radius 1 is 1.09 bits per heavy atom. The van der Waals surface area contributed by atoms with Crippen LogP contribution in [-0.2, 0) is 14.6 Å². The highest BCUT2D eigenvalue weighted by Crippen LogP contribution is 2.36. The fourth-order valence-corrected chi connectivity index (χ4v) is 3.03. The molecule has 0 saturated carbocycles. The predicted octanol–water partition coefficient (Wildman–Crippen LogP) is 2.93. The Morgan fingerprint density at radius 2 is 1.74 bits per heavy atom. The summed E-state index contributed by atoms with van der Waals surface area (Å²) in [7, 11) is -3.25. The highest BCUT2D eigenvalue weighted by Gasteiger charge is 2.47. The molecule has 0 aliphatic rings. The zero-order chi connectivity index (χ0) is 17.4. The third kappa shape index (κ3) is 2.96. The average Bonchev–Trinajstić information content (AvgIpc) is 2.51. The molecule has 2 aromatic carbocycles. The number of sulfone groups is 1. The molecule has 5 nitrogen and oxygen atoms in total. The van der Waals surface area contributed by atoms with Crippen molar-refractivity contribution in [2.24, 2.45) is 0 Å². The molecular formula is C14H11F3O5S. The number of hydrogen-bond acceptors (Lipinski definition) is 5. The Labute approximate surface area is 129 Å². The van der Waals surface area contributed by atoms with Gasteiger partial charge in [-0.05, 0) is 35.7 Å². The number of rotatable bonds is 3. The van der Waals surface area contributed by atoms with Crippen LogP contribution in [0, 0.1) is 0 Å². The summed E-state index contributed by atoms with van der Waals surface area (Å²) in [5.41, 5.74) is -5.80. The van der Waals surface area contributed by atoms with Gasteiger partial charge in [0.05, 0.1) is 24.7 Å². The molecule has 0 aliphatic carbocycles. The molecule has 0 unspecified atom stereocenters. The lowest BCUT2D eigenvalue weighted by molar-refractivity contribution is -0.0435. The molecular weight excluding hydrogens is 337 g/mol. The first-order valence-corrected chi connectivity index (χ1v) is 7.61. The van der Waals surface area contributed by atoms with E-state index in [1.807, 2.05) is 0 Å². The van der Waals surface area contributed by atoms with Crippen molar-refractivity contribution in [3.63, 3.8) is 0 Å². The lowest BCUT2D eigenvalue weighted by Crippen LogP contribution is -2.24. The Bertz CT molecular complexity index is 872. The van der Waals surface area contributed by atoms with E-state index in [2.05, 4.69) is 4.74 Å². The average molecular weight is 348 g/mol. The number of benzene rings is 2. The van der Waals surface area contributed by atoms with E-state index in [0.717, 1.165) is 7.11 Å². The molecule has 23 heavy (non-hydrogen) atoms. The molecule has 0 fully saturated rings. The maximum atomic E-state index is 12.9. The summed E-state index contributed by atoms with van der Waals surface area (Å²) in [5, 5.41) is -0.0640. The van der Waals surface area contributed by atoms with E-state index in [4.69, 9.17) is 4.74 Å². The quantitative estimate of drug-likeness (QED) is 0.798. The monoisotopic (exact) mass is 348 g/mol. The second-order valence-corrected chi connectivity index (χ2v) is 6.41. The lowest BCUT2D eigenvalue weighted by atomic mass is 10.1. The van der Waals surface area contributed by atoms with Crippen molar-refractivity contribution >= 4 is 26.6 Å². The fourth-order valence-electron chi connectivity index (χ4n) is 2.02. The molecule has 9 heteroatoms. The van der Waals surface area contributed by atoms with Crippen molar-refractivity contribution in [3.05, 3.63) is 35.9 Å². The van der Waals surface area contributed by atoms with Crippen LogP contribution in [0.1, 0.15) is 10.4 Å². The molecule has 0 spiro atoms. The van der Waals surface area contributed by atoms with E-state index < -0.39 is 26.2 Å². The molecule has 124 valence electrons. The standard InChI is InChI=1S/C14H11F3O5S/c1-21-10-3-4-11-8(6-10)5-9(13(18)22-2)7-12(11)23(19,20)14(15,16)17/h3-7H,1-2H3. The molecule has 0 N–H and O–H groups in total. The Hall–Kier alpha value is -2.29. The molecule has 0 aromatic heterocycles. The number of hydrogen-bond donors (Lipinski definition) is 0. The number of methoxy groups -OCH3 is 2. The zero-order valence-electron chi connectivity index (χ0n) is 12.0. The summed E-state index contributed by atoms with van der Waals surface area (Å²) in [5.74, 6) is -0.650. The number of carbonyl (C=O) groups is 1. The fraction of sp³-hybridized carbons (Fsp3) is 0.214. The van der Waals surface area contributed by atoms with E-state index in [1.165, 1.54) is 31.4 Å². The normalized spacial score (nSPS) is 12.2. The summed E-state index contributed by atoms with van der Waals surface area (Å²) in [6.45, 7) is 0. The first-order valence-electron chi connectivity index (χ1n) is 6.13. The summed E-state index contributed by atoms with van der Waals surface area (Å²) in [6, 6.07) is 5.74. The minimum atomic E-state index is -5.64. The van der Waals surface area contributed by atoms with Crippen molar-refractivity contribution < 1.29 is 35.9 Å². The van der Waals surface area contributed by atoms with Gasteiger partial charge in [0.2, 0.25) is 0 Å². The van der Waals surface area contributed by atoms with Crippen molar-refractivity contribution in [2.45, 2.75) is 10.4 Å². The van der Waals surface area contributed by atoms with Gasteiger partial charge in [0.1, 0.15) is 5.75 Å². The van der Waals surface area contributed by atoms with Crippen molar-refractivity contribution in [2.75, 3.05) is 14.2 Å². The van der Waals surface area contributed by atoms with Gasteiger partial charge < -0.3 is 9.47 Å². The van der Waals surface area contributed by atoms with Crippen molar-refractivity contribution in [1.29, 1.82) is 0 Å². The van der Waals surface area contributed by atoms with Gasteiger partial charge in [0.15, 0.2) is 0 Å². The van der Waals surface area contributed by atoms with Crippen molar-refractivity contribution in [1.82, 2.24) is 0 Å². The van der Waals surface area contributed by atoms with Crippen LogP contribution in [0.5, 0.6) is 5.75 Å². The van der Waals surface area contributed by atoms with E-state index in [0.29, 0.717) is 11.8 Å². The third-order valence-corrected chi connectivity index (χ3v) is 4.66. The molecule has 0 heterocycles. The number of ether oxygens (including phenoxy) is 2. The minimum absolute atomic E-state index is 0.107. The van der Waals surface area contributed by atoms with Gasteiger partial charge in [-0.3, -0.25) is 0 Å². The molecule has 0 atom stereocenters. The topological polar surface area (TPSA) is 69.7 Å². The third-order valence-electron chi connectivity index (χ3n) is 3.14. The molecule has 2 rings (SSSR count). The molecule has 0 saturated heterocycles. The zero-order valence-corrected chi connectivity index (χ0v) is 12.8. The number of esters is 1. The largest absolute Gasteiger partial charge is 0.501 e. The van der Waals surface area contributed by atoms with Gasteiger partial charge in [-0.15, -0.1) is 0 Å². The SMILES string of the molecule is COC(=O)c1cc(S(=O)(=O)C(F)(F)F)c2ccc(OC)cc2c1. The van der Waals surface area contributed by atoms with Crippen LogP contribution in [0.4, 0.5) is 13.2 Å². The molecule has 0 bridgehead atoms. The van der Waals surface area contributed by atoms with Crippen LogP contribution in [-0.4, -0.2) is 34.1 Å². The van der Waals surface area contributed by atoms with E-state index in [9.17, 15) is 26.4 Å². The first kappa shape index (κ1) is 17.1. The highest BCUT2D eigenvalue weighted by atomic mass is 32.2. The second kappa shape index (κ2) is 5.73. The Morgan fingerprint density at radius 3 is 2.26 bits per heavy atom. The molecule has 2 aromatic rings. The number of fused-ring (bicyclic) bond motifs is 1. The van der Waals surface area contributed by atoms with Crippen LogP contribution in [0.2, 0.25) is 0 Å². The van der Waals surface area contributed by atoms with E-state index in [-0.39, 0.29) is 16.3 Å². The lowest BCUT2D eigenvalue weighted by Gasteiger charge is -2.13. The maximum absolute atomic E-state index is 12.9. The van der Waals surface area contributed by atoms with Gasteiger partial charge in [-0.2, -0.15) is 13.2 Å². The summed E-state index contributed by atoms with van der Waals surface area (Å²) < 4.78 is 71.6. The maximum Gasteiger partial charge on any atom is 0.501 e. The minimum Gasteiger partial charge on any atom is -0.497 e. The molecule has 0 radical (unpaired) electrons. The highest BCUT2D eigenvalue weighted by molar-refractivity contribution is 7.92. The number of carbonyl (C=O) groups excluding carboxylic acids is 1. The van der Waals surface area contributed by atoms with Crippen LogP contribution < -0.4 is 4.74 Å². The van der Waals surface area contributed by atoms with Crippen LogP contribution in [0.3, 0.4) is 0 Å². The van der Waals surface area contributed by atoms with Gasteiger partial charge in [0.25, 0.3) is 9.84 Å². The number of halogens is 3. The van der Waals surface area contributed by atoms with Crippen LogP contribution in [0.15, 0.2) is 35.2 Å². The molecule has 0 amide bonds. The second-order valence-electron chi connectivity index (χ2n) is 4.50. The van der Waals surface area contributed by atoms with E-state index >= 15 is 0 Å². The Balaban J connectivity index is 2.89. The van der Waals surface area contributed by atoms with Crippen LogP contribution in [0.25, 0.3) is 10.8 Å². The van der Waals surface area contributed by atoms with Crippen molar-refractivity contribution in [3.8, 4) is 5.75 Å². The van der Waals surface area contributed by atoms with Gasteiger partial charge in [-0.25, -0.2) is 13.2 Å². The van der Waals surface area contributed by atoms with Crippen LogP contribution >= 0.6 is 0 Å². The van der Waals surface area contributed by atoms with E-state index in [1.54, 1.807) is 0 Å². The van der Waals surface area contributed by atoms with Gasteiger partial charge in [-0.1, -0.05) is 0 Å². The molecule has 0 aliphatic heterocycles. The van der Waals surface area contributed by atoms with Gasteiger partial charge >= 0.3 is 11.5 Å². The predicted molar refractivity (Wildman–Crippen MR) is 75.1 cm³/mol.